The quantitative estimate of drug-likeness (QED) is 0.489. The molecule has 1 fully saturated rings. The van der Waals surface area contributed by atoms with Crippen LogP contribution in [-0.4, -0.2) is 44.0 Å². The van der Waals surface area contributed by atoms with Gasteiger partial charge in [0.15, 0.2) is 11.8 Å². The molecule has 4 aromatic rings. The molecule has 28 heavy (non-hydrogen) atoms. The number of fused-ring (bicyclic) bond motifs is 1. The summed E-state index contributed by atoms with van der Waals surface area (Å²) in [5.41, 5.74) is 1.14. The van der Waals surface area contributed by atoms with Crippen LogP contribution in [0, 0.1) is 0 Å². The van der Waals surface area contributed by atoms with E-state index < -0.39 is 0 Å². The third-order valence-electron chi connectivity index (χ3n) is 5.34. The van der Waals surface area contributed by atoms with Gasteiger partial charge in [0.25, 0.3) is 0 Å². The van der Waals surface area contributed by atoms with E-state index in [-0.39, 0.29) is 18.0 Å². The minimum absolute atomic E-state index is 0.0192. The molecule has 0 aliphatic carbocycles. The fourth-order valence-electron chi connectivity index (χ4n) is 3.93. The number of piperidine rings is 1. The number of likely N-dealkylation sites (tertiary alicyclic amines) is 1. The predicted molar refractivity (Wildman–Crippen MR) is 104 cm³/mol. The Morgan fingerprint density at radius 3 is 2.61 bits per heavy atom. The van der Waals surface area contributed by atoms with Crippen LogP contribution in [-0.2, 0) is 0 Å². The van der Waals surface area contributed by atoms with Crippen LogP contribution in [0.3, 0.4) is 0 Å². The Hall–Kier alpha value is -2.68. The Labute approximate surface area is 165 Å². The van der Waals surface area contributed by atoms with Crippen molar-refractivity contribution in [2.45, 2.75) is 25.0 Å². The van der Waals surface area contributed by atoms with Crippen LogP contribution in [0.1, 0.15) is 29.3 Å². The highest BCUT2D eigenvalue weighted by Gasteiger charge is 2.35. The van der Waals surface area contributed by atoms with Crippen molar-refractivity contribution in [2.24, 2.45) is 0 Å². The number of thiazole rings is 1. The molecule has 1 saturated heterocycles. The number of aliphatic hydroxyl groups excluding tert-OH is 1. The molecule has 0 radical (unpaired) electrons. The van der Waals surface area contributed by atoms with E-state index in [2.05, 4.69) is 22.2 Å². The standard InChI is InChI=1S/C20H20N4O3S/c25-14-8-10-23(11-9-14)16(13-5-2-1-3-6-13)17-19(26)24-20(28-17)21-18(22-24)15-7-4-12-27-15/h1-7,12,14,16,25-26H,8-11H2/p+1/t16-/m1/s1. The molecule has 1 aliphatic rings. The van der Waals surface area contributed by atoms with Gasteiger partial charge < -0.3 is 19.5 Å². The zero-order chi connectivity index (χ0) is 19.1. The number of hydrogen-bond donors (Lipinski definition) is 3. The fourth-order valence-corrected chi connectivity index (χ4v) is 5.07. The van der Waals surface area contributed by atoms with Crippen molar-refractivity contribution in [3.8, 4) is 17.5 Å². The van der Waals surface area contributed by atoms with Crippen molar-refractivity contribution in [2.75, 3.05) is 13.1 Å². The number of furan rings is 1. The van der Waals surface area contributed by atoms with E-state index in [0.717, 1.165) is 36.4 Å². The Bertz CT molecular complexity index is 1070. The number of hydrogen-bond acceptors (Lipinski definition) is 6. The molecule has 3 aromatic heterocycles. The second-order valence-corrected chi connectivity index (χ2v) is 8.14. The predicted octanol–water partition coefficient (Wildman–Crippen LogP) is 1.89. The molecule has 4 heterocycles. The maximum atomic E-state index is 11.0. The molecule has 1 aromatic carbocycles. The van der Waals surface area contributed by atoms with Gasteiger partial charge >= 0.3 is 0 Å². The van der Waals surface area contributed by atoms with E-state index in [1.807, 2.05) is 18.2 Å². The molecule has 5 rings (SSSR count). The zero-order valence-electron chi connectivity index (χ0n) is 15.2. The summed E-state index contributed by atoms with van der Waals surface area (Å²) in [5.74, 6) is 1.16. The van der Waals surface area contributed by atoms with Gasteiger partial charge in [-0.3, -0.25) is 0 Å². The molecular formula is C20H21N4O3S+. The number of aromatic nitrogens is 3. The van der Waals surface area contributed by atoms with Crippen LogP contribution >= 0.6 is 11.3 Å². The summed E-state index contributed by atoms with van der Waals surface area (Å²) < 4.78 is 6.86. The van der Waals surface area contributed by atoms with Gasteiger partial charge in [-0.25, -0.2) is 0 Å². The van der Waals surface area contributed by atoms with Crippen molar-refractivity contribution in [1.29, 1.82) is 0 Å². The van der Waals surface area contributed by atoms with Crippen LogP contribution in [0.25, 0.3) is 16.5 Å². The second kappa shape index (κ2) is 7.05. The average molecular weight is 397 g/mol. The van der Waals surface area contributed by atoms with Crippen molar-refractivity contribution < 1.29 is 19.5 Å². The van der Waals surface area contributed by atoms with Gasteiger partial charge in [0, 0.05) is 18.4 Å². The Morgan fingerprint density at radius 1 is 1.14 bits per heavy atom. The molecule has 1 atom stereocenters. The highest BCUT2D eigenvalue weighted by molar-refractivity contribution is 7.17. The molecule has 0 spiro atoms. The first-order chi connectivity index (χ1) is 13.7. The van der Waals surface area contributed by atoms with Gasteiger partial charge in [0.05, 0.1) is 25.5 Å². The first-order valence-corrected chi connectivity index (χ1v) is 10.2. The lowest BCUT2D eigenvalue weighted by molar-refractivity contribution is -0.931. The van der Waals surface area contributed by atoms with Crippen molar-refractivity contribution in [3.63, 3.8) is 0 Å². The number of rotatable bonds is 4. The maximum absolute atomic E-state index is 11.0. The third-order valence-corrected chi connectivity index (χ3v) is 6.43. The molecule has 8 heteroatoms. The van der Waals surface area contributed by atoms with Crippen LogP contribution in [0.4, 0.5) is 0 Å². The average Bonchev–Trinajstić information content (AvgIpc) is 3.43. The molecule has 144 valence electrons. The largest absolute Gasteiger partial charge is 0.492 e. The van der Waals surface area contributed by atoms with Crippen molar-refractivity contribution in [3.05, 3.63) is 59.2 Å². The lowest BCUT2D eigenvalue weighted by Gasteiger charge is -2.33. The molecule has 0 saturated carbocycles. The normalized spacial score (nSPS) is 21.2. The first kappa shape index (κ1) is 17.4. The molecule has 1 aliphatic heterocycles. The van der Waals surface area contributed by atoms with Gasteiger partial charge in [-0.1, -0.05) is 41.7 Å². The highest BCUT2D eigenvalue weighted by atomic mass is 32.1. The number of benzene rings is 1. The van der Waals surface area contributed by atoms with E-state index >= 15 is 0 Å². The van der Waals surface area contributed by atoms with Gasteiger partial charge in [0.1, 0.15) is 4.88 Å². The van der Waals surface area contributed by atoms with Gasteiger partial charge in [-0.15, -0.1) is 5.10 Å². The number of quaternary nitrogens is 1. The molecule has 0 unspecified atom stereocenters. The Morgan fingerprint density at radius 2 is 1.93 bits per heavy atom. The summed E-state index contributed by atoms with van der Waals surface area (Å²) in [6.07, 6.45) is 2.88. The smallest absolute Gasteiger partial charge is 0.235 e. The maximum Gasteiger partial charge on any atom is 0.235 e. The number of nitrogens with zero attached hydrogens (tertiary/aromatic N) is 3. The van der Waals surface area contributed by atoms with Gasteiger partial charge in [-0.05, 0) is 12.1 Å². The van der Waals surface area contributed by atoms with E-state index in [1.165, 1.54) is 20.8 Å². The molecule has 0 amide bonds. The molecule has 7 nitrogen and oxygen atoms in total. The summed E-state index contributed by atoms with van der Waals surface area (Å²) in [6, 6.07) is 13.8. The van der Waals surface area contributed by atoms with Crippen LogP contribution in [0.2, 0.25) is 0 Å². The second-order valence-electron chi connectivity index (χ2n) is 7.13. The third kappa shape index (κ3) is 2.99. The molecular weight excluding hydrogens is 376 g/mol. The highest BCUT2D eigenvalue weighted by Crippen LogP contribution is 2.36. The van der Waals surface area contributed by atoms with Crippen molar-refractivity contribution >= 4 is 16.3 Å². The van der Waals surface area contributed by atoms with E-state index in [1.54, 1.807) is 18.4 Å². The Balaban J connectivity index is 1.57. The molecule has 0 bridgehead atoms. The van der Waals surface area contributed by atoms with E-state index in [9.17, 15) is 10.2 Å². The van der Waals surface area contributed by atoms with Crippen LogP contribution in [0.15, 0.2) is 53.1 Å². The topological polar surface area (TPSA) is 88.2 Å². The van der Waals surface area contributed by atoms with Gasteiger partial charge in [-0.2, -0.15) is 9.50 Å². The zero-order valence-corrected chi connectivity index (χ0v) is 16.0. The number of nitrogens with one attached hydrogen (secondary N) is 1. The summed E-state index contributed by atoms with van der Waals surface area (Å²) in [5, 5.41) is 25.3. The molecule has 3 N–H and O–H groups in total. The lowest BCUT2D eigenvalue weighted by Crippen LogP contribution is -3.13. The minimum atomic E-state index is -0.230. The van der Waals surface area contributed by atoms with E-state index in [0.29, 0.717) is 16.5 Å². The summed E-state index contributed by atoms with van der Waals surface area (Å²) in [4.78, 5) is 7.35. The van der Waals surface area contributed by atoms with Crippen LogP contribution < -0.4 is 4.90 Å². The summed E-state index contributed by atoms with van der Waals surface area (Å²) >= 11 is 1.45. The number of aromatic hydroxyl groups is 1. The lowest BCUT2D eigenvalue weighted by atomic mass is 9.99. The fraction of sp³-hybridized carbons (Fsp3) is 0.300. The first-order valence-electron chi connectivity index (χ1n) is 9.40. The monoisotopic (exact) mass is 397 g/mol. The van der Waals surface area contributed by atoms with E-state index in [4.69, 9.17) is 4.42 Å². The Kier molecular flexibility index (Phi) is 4.38. The summed E-state index contributed by atoms with van der Waals surface area (Å²) in [7, 11) is 0. The SMILES string of the molecule is Oc1c([C@@H](c2ccccc2)[NH+]2CCC(O)CC2)sc2nc(-c3ccco3)nn12. The summed E-state index contributed by atoms with van der Waals surface area (Å²) in [6.45, 7) is 1.71. The number of aliphatic hydroxyl groups is 1. The minimum Gasteiger partial charge on any atom is -0.492 e. The van der Waals surface area contributed by atoms with Crippen LogP contribution in [0.5, 0.6) is 5.88 Å². The van der Waals surface area contributed by atoms with Gasteiger partial charge in [0.2, 0.25) is 16.7 Å². The van der Waals surface area contributed by atoms with Crippen molar-refractivity contribution in [1.82, 2.24) is 14.6 Å².